The van der Waals surface area contributed by atoms with Crippen LogP contribution in [0.4, 0.5) is 0 Å². The highest BCUT2D eigenvalue weighted by Crippen LogP contribution is 2.12. The van der Waals surface area contributed by atoms with E-state index in [-0.39, 0.29) is 35.3 Å². The number of hydrogen-bond acceptors (Lipinski definition) is 5. The fourth-order valence-corrected chi connectivity index (χ4v) is 5.46. The Morgan fingerprint density at radius 1 is 0.468 bits per heavy atom. The zero-order chi connectivity index (χ0) is 35.5. The van der Waals surface area contributed by atoms with E-state index in [9.17, 15) is 24.0 Å². The second-order valence-corrected chi connectivity index (χ2v) is 14.5. The maximum atomic E-state index is 13.5. The molecule has 0 aromatic heterocycles. The number of unbranched alkanes of at least 4 members (excludes halogenated alkanes) is 7. The summed E-state index contributed by atoms with van der Waals surface area (Å²) in [4.78, 5) is 63.6. The summed E-state index contributed by atoms with van der Waals surface area (Å²) in [5.41, 5.74) is 0. The third-order valence-corrected chi connectivity index (χ3v) is 8.49. The normalized spacial score (nSPS) is 12.6. The minimum absolute atomic E-state index is 0.0340. The van der Waals surface area contributed by atoms with Gasteiger partial charge in [0.05, 0.1) is 6.04 Å². The van der Waals surface area contributed by atoms with Crippen LogP contribution in [0.3, 0.4) is 0 Å². The van der Waals surface area contributed by atoms with Gasteiger partial charge >= 0.3 is 0 Å². The van der Waals surface area contributed by atoms with E-state index >= 15 is 0 Å². The van der Waals surface area contributed by atoms with Crippen LogP contribution >= 0.6 is 0 Å². The van der Waals surface area contributed by atoms with Crippen molar-refractivity contribution in [2.45, 2.75) is 183 Å². The Morgan fingerprint density at radius 2 is 0.915 bits per heavy atom. The zero-order valence-electron chi connectivity index (χ0n) is 31.3. The predicted molar refractivity (Wildman–Crippen MR) is 193 cm³/mol. The zero-order valence-corrected chi connectivity index (χ0v) is 31.3. The van der Waals surface area contributed by atoms with Crippen LogP contribution in [-0.4, -0.2) is 54.6 Å². The molecule has 0 rings (SSSR count). The third kappa shape index (κ3) is 26.2. The Bertz CT molecular complexity index is 874. The van der Waals surface area contributed by atoms with Crippen LogP contribution in [0, 0.1) is 17.8 Å². The van der Waals surface area contributed by atoms with Crippen LogP contribution in [0.1, 0.15) is 170 Å². The molecule has 2 atom stereocenters. The van der Waals surface area contributed by atoms with E-state index in [0.717, 1.165) is 70.6 Å². The average molecular weight is 665 g/mol. The first kappa shape index (κ1) is 44.5. The van der Waals surface area contributed by atoms with E-state index in [4.69, 9.17) is 0 Å². The van der Waals surface area contributed by atoms with Gasteiger partial charge in [-0.25, -0.2) is 0 Å². The summed E-state index contributed by atoms with van der Waals surface area (Å²) in [7, 11) is 0. The first-order valence-electron chi connectivity index (χ1n) is 19.0. The van der Waals surface area contributed by atoms with Crippen LogP contribution in [0.25, 0.3) is 0 Å². The van der Waals surface area contributed by atoms with Crippen LogP contribution in [0.15, 0.2) is 0 Å². The SMILES string of the molecule is CCCCCCC(=O)NC(CCCCNC(=O)CCCCC(C)C)C(=O)NC(CCCCNC(=O)CCCCC(C)C)C(=O)C(C)C. The van der Waals surface area contributed by atoms with Gasteiger partial charge in [-0.1, -0.05) is 93.4 Å². The molecule has 4 amide bonds. The first-order valence-corrected chi connectivity index (χ1v) is 19.0. The predicted octanol–water partition coefficient (Wildman–Crippen LogP) is 7.16. The fraction of sp³-hybridized carbons (Fsp3) is 0.868. The molecule has 274 valence electrons. The van der Waals surface area contributed by atoms with E-state index in [0.29, 0.717) is 76.3 Å². The average Bonchev–Trinajstić information content (AvgIpc) is 3.01. The van der Waals surface area contributed by atoms with Crippen LogP contribution in [-0.2, 0) is 24.0 Å². The highest BCUT2D eigenvalue weighted by Gasteiger charge is 2.27. The van der Waals surface area contributed by atoms with E-state index in [1.165, 1.54) is 0 Å². The highest BCUT2D eigenvalue weighted by molar-refractivity contribution is 5.93. The summed E-state index contributed by atoms with van der Waals surface area (Å²) in [6, 6.07) is -1.38. The molecular formula is C38H72N4O5. The van der Waals surface area contributed by atoms with Gasteiger partial charge in [-0.15, -0.1) is 0 Å². The van der Waals surface area contributed by atoms with E-state index in [1.807, 2.05) is 13.8 Å². The molecule has 0 aromatic carbocycles. The van der Waals surface area contributed by atoms with Gasteiger partial charge in [-0.3, -0.25) is 24.0 Å². The molecule has 47 heavy (non-hydrogen) atoms. The van der Waals surface area contributed by atoms with Crippen molar-refractivity contribution in [3.05, 3.63) is 0 Å². The molecule has 0 fully saturated rings. The number of Topliss-reactive ketones (excluding diaryl/α,β-unsaturated/α-hetero) is 1. The van der Waals surface area contributed by atoms with Crippen molar-refractivity contribution in [2.75, 3.05) is 13.1 Å². The molecule has 0 bridgehead atoms. The third-order valence-electron chi connectivity index (χ3n) is 8.49. The number of nitrogens with one attached hydrogen (secondary N) is 4. The summed E-state index contributed by atoms with van der Waals surface area (Å²) in [5.74, 6) is 0.644. The van der Waals surface area contributed by atoms with Crippen molar-refractivity contribution < 1.29 is 24.0 Å². The van der Waals surface area contributed by atoms with Crippen LogP contribution in [0.2, 0.25) is 0 Å². The minimum atomic E-state index is -0.738. The number of amides is 4. The number of ketones is 1. The number of hydrogen-bond donors (Lipinski definition) is 4. The monoisotopic (exact) mass is 665 g/mol. The molecule has 0 aromatic rings. The van der Waals surface area contributed by atoms with Gasteiger partial charge in [0.2, 0.25) is 23.6 Å². The summed E-state index contributed by atoms with van der Waals surface area (Å²) in [6.07, 6.45) is 15.2. The summed E-state index contributed by atoms with van der Waals surface area (Å²) in [6.45, 7) is 15.6. The first-order chi connectivity index (χ1) is 22.4. The maximum Gasteiger partial charge on any atom is 0.243 e. The lowest BCUT2D eigenvalue weighted by Crippen LogP contribution is -2.52. The summed E-state index contributed by atoms with van der Waals surface area (Å²) in [5, 5.41) is 11.8. The molecule has 4 N–H and O–H groups in total. The lowest BCUT2D eigenvalue weighted by molar-refractivity contribution is -0.132. The molecule has 0 spiro atoms. The minimum Gasteiger partial charge on any atom is -0.356 e. The Labute approximate surface area is 287 Å². The topological polar surface area (TPSA) is 133 Å². The maximum absolute atomic E-state index is 13.5. The van der Waals surface area contributed by atoms with Crippen molar-refractivity contribution in [3.63, 3.8) is 0 Å². The van der Waals surface area contributed by atoms with Crippen LogP contribution in [0.5, 0.6) is 0 Å². The Hall–Kier alpha value is -2.45. The molecule has 0 saturated carbocycles. The lowest BCUT2D eigenvalue weighted by atomic mass is 9.96. The van der Waals surface area contributed by atoms with Crippen molar-refractivity contribution in [2.24, 2.45) is 17.8 Å². The number of carbonyl (C=O) groups excluding carboxylic acids is 5. The van der Waals surface area contributed by atoms with Gasteiger partial charge in [0, 0.05) is 38.3 Å². The van der Waals surface area contributed by atoms with Crippen LogP contribution < -0.4 is 21.3 Å². The Morgan fingerprint density at radius 3 is 1.38 bits per heavy atom. The lowest BCUT2D eigenvalue weighted by Gasteiger charge is -2.24. The van der Waals surface area contributed by atoms with Gasteiger partial charge < -0.3 is 21.3 Å². The molecule has 0 radical (unpaired) electrons. The van der Waals surface area contributed by atoms with Crippen molar-refractivity contribution >= 4 is 29.4 Å². The molecule has 0 aliphatic rings. The molecule has 9 nitrogen and oxygen atoms in total. The van der Waals surface area contributed by atoms with E-state index in [1.54, 1.807) is 0 Å². The van der Waals surface area contributed by atoms with Crippen molar-refractivity contribution in [1.82, 2.24) is 21.3 Å². The molecule has 0 saturated heterocycles. The van der Waals surface area contributed by atoms with E-state index < -0.39 is 12.1 Å². The fourth-order valence-electron chi connectivity index (χ4n) is 5.46. The van der Waals surface area contributed by atoms with Gasteiger partial charge in [0.1, 0.15) is 6.04 Å². The number of carbonyl (C=O) groups is 5. The van der Waals surface area contributed by atoms with Gasteiger partial charge in [-0.2, -0.15) is 0 Å². The highest BCUT2D eigenvalue weighted by atomic mass is 16.2. The molecular weight excluding hydrogens is 592 g/mol. The molecule has 0 heterocycles. The summed E-state index contributed by atoms with van der Waals surface area (Å²) < 4.78 is 0. The quantitative estimate of drug-likeness (QED) is 0.0605. The van der Waals surface area contributed by atoms with Gasteiger partial charge in [0.25, 0.3) is 0 Å². The smallest absolute Gasteiger partial charge is 0.243 e. The van der Waals surface area contributed by atoms with E-state index in [2.05, 4.69) is 55.9 Å². The Balaban J connectivity index is 4.97. The number of rotatable bonds is 30. The molecule has 2 unspecified atom stereocenters. The van der Waals surface area contributed by atoms with Crippen molar-refractivity contribution in [3.8, 4) is 0 Å². The van der Waals surface area contributed by atoms with Gasteiger partial charge in [-0.05, 0) is 69.6 Å². The second kappa shape index (κ2) is 28.6. The Kier molecular flexibility index (Phi) is 27.1. The second-order valence-electron chi connectivity index (χ2n) is 14.5. The largest absolute Gasteiger partial charge is 0.356 e. The summed E-state index contributed by atoms with van der Waals surface area (Å²) >= 11 is 0. The van der Waals surface area contributed by atoms with Gasteiger partial charge in [0.15, 0.2) is 5.78 Å². The standard InChI is InChI=1S/C38H72N4O5/c1-8-9-10-11-26-36(45)41-33(23-17-19-28-40-35(44)25-15-13-21-30(4)5)38(47)42-32(37(46)31(6)7)22-16-18-27-39-34(43)24-14-12-20-29(2)3/h29-33H,8-28H2,1-7H3,(H,39,43)(H,40,44)(H,41,45)(H,42,47). The van der Waals surface area contributed by atoms with Crippen molar-refractivity contribution in [1.29, 1.82) is 0 Å². The molecule has 0 aliphatic carbocycles. The molecule has 9 heteroatoms. The molecule has 0 aliphatic heterocycles.